The first-order chi connectivity index (χ1) is 26.2. The van der Waals surface area contributed by atoms with Crippen LogP contribution in [0.5, 0.6) is 0 Å². The Kier molecular flexibility index (Phi) is 8.81. The van der Waals surface area contributed by atoms with Crippen LogP contribution in [0.3, 0.4) is 0 Å². The van der Waals surface area contributed by atoms with E-state index >= 15 is 0 Å². The van der Waals surface area contributed by atoms with Crippen molar-refractivity contribution in [3.63, 3.8) is 0 Å². The largest absolute Gasteiger partial charge is 0.296 e. The van der Waals surface area contributed by atoms with Crippen LogP contribution in [0.15, 0.2) is 164 Å². The molecule has 0 saturated carbocycles. The summed E-state index contributed by atoms with van der Waals surface area (Å²) in [7, 11) is 0. The maximum atomic E-state index is 5.18. The molecule has 0 aliphatic heterocycles. The van der Waals surface area contributed by atoms with E-state index in [-0.39, 0.29) is 0 Å². The molecule has 0 fully saturated rings. The molecular weight excluding hydrogens is 641 g/mol. The summed E-state index contributed by atoms with van der Waals surface area (Å²) in [5, 5.41) is 2.67. The molecule has 2 heteroatoms. The summed E-state index contributed by atoms with van der Waals surface area (Å²) in [5.74, 6) is 1.33. The zero-order valence-corrected chi connectivity index (χ0v) is 30.6. The molecule has 0 amide bonds. The fraction of sp³-hybridized carbons (Fsp3) is 0.157. The van der Waals surface area contributed by atoms with Crippen LogP contribution < -0.4 is 0 Å². The quantitative estimate of drug-likeness (QED) is 0.153. The van der Waals surface area contributed by atoms with Gasteiger partial charge in [0.05, 0.1) is 11.0 Å². The fourth-order valence-electron chi connectivity index (χ4n) is 8.78. The highest BCUT2D eigenvalue weighted by atomic mass is 15.1. The van der Waals surface area contributed by atoms with E-state index in [1.807, 2.05) is 0 Å². The number of aromatic nitrogens is 2. The number of nitrogens with zero attached hydrogens (tertiary/aromatic N) is 2. The lowest BCUT2D eigenvalue weighted by Gasteiger charge is -2.29. The van der Waals surface area contributed by atoms with Crippen LogP contribution in [0.4, 0.5) is 0 Å². The number of benzene rings is 5. The van der Waals surface area contributed by atoms with Crippen molar-refractivity contribution < 1.29 is 0 Å². The molecule has 6 aromatic rings. The molecule has 0 spiro atoms. The molecule has 0 saturated heterocycles. The van der Waals surface area contributed by atoms with Crippen molar-refractivity contribution in [2.75, 3.05) is 0 Å². The average Bonchev–Trinajstić information content (AvgIpc) is 3.62. The summed E-state index contributed by atoms with van der Waals surface area (Å²) in [4.78, 5) is 5.18. The van der Waals surface area contributed by atoms with Crippen molar-refractivity contribution in [2.45, 2.75) is 51.9 Å². The number of hydrogen-bond acceptors (Lipinski definition) is 1. The standard InChI is InChI=1S/C51H44N2/c1-35(37-31-33-41(34-32-37)51-52-45-29-17-18-30-46(45)53(51)42-25-13-6-14-26-42)47(38-19-7-3-8-20-38)49-36(2)48(39-21-9-4-10-22-39)50(40-23-11-5-12-24-40)44-28-16-15-27-43(44)49/h3-9,11-13,15-21,23,25,27-34,40H,10,14,22,24,26H2,1-2H3/b47-35+. The van der Waals surface area contributed by atoms with E-state index in [0.717, 1.165) is 54.5 Å². The van der Waals surface area contributed by atoms with Crippen molar-refractivity contribution >= 4 is 44.2 Å². The Labute approximate surface area is 313 Å². The average molecular weight is 685 g/mol. The molecule has 1 unspecified atom stereocenters. The van der Waals surface area contributed by atoms with Crippen molar-refractivity contribution in [2.24, 2.45) is 0 Å². The minimum Gasteiger partial charge on any atom is -0.296 e. The lowest BCUT2D eigenvalue weighted by atomic mass is 9.75. The number of imidazole rings is 1. The molecular formula is C51H44N2. The van der Waals surface area contributed by atoms with Gasteiger partial charge in [-0.1, -0.05) is 146 Å². The normalized spacial score (nSPS) is 17.3. The number of rotatable bonds is 7. The maximum Gasteiger partial charge on any atom is 0.145 e. The van der Waals surface area contributed by atoms with Gasteiger partial charge >= 0.3 is 0 Å². The van der Waals surface area contributed by atoms with E-state index < -0.39 is 0 Å². The SMILES string of the molecule is C/C(=C(/c1ccccc1)c1c(C)c(C2=CC=CCC2)c(C2C=CC=CC2)c2ccccc12)c1ccc(-c2nc3ccccc3n2C2=CC=CCC2)cc1. The minimum absolute atomic E-state index is 0.335. The predicted octanol–water partition coefficient (Wildman–Crippen LogP) is 13.7. The van der Waals surface area contributed by atoms with Crippen LogP contribution in [0.1, 0.15) is 78.3 Å². The molecule has 0 bridgehead atoms. The van der Waals surface area contributed by atoms with E-state index in [1.165, 1.54) is 66.6 Å². The summed E-state index contributed by atoms with van der Waals surface area (Å²) in [6, 6.07) is 37.8. The summed E-state index contributed by atoms with van der Waals surface area (Å²) in [6.07, 6.45) is 27.9. The monoisotopic (exact) mass is 684 g/mol. The highest BCUT2D eigenvalue weighted by Crippen LogP contribution is 2.47. The molecule has 1 atom stereocenters. The van der Waals surface area contributed by atoms with Gasteiger partial charge in [0.1, 0.15) is 5.82 Å². The molecule has 3 aliphatic carbocycles. The molecule has 2 nitrogen and oxygen atoms in total. The van der Waals surface area contributed by atoms with Gasteiger partial charge in [-0.15, -0.1) is 0 Å². The van der Waals surface area contributed by atoms with Crippen molar-refractivity contribution in [3.05, 3.63) is 197 Å². The fourth-order valence-corrected chi connectivity index (χ4v) is 8.78. The number of hydrogen-bond donors (Lipinski definition) is 0. The summed E-state index contributed by atoms with van der Waals surface area (Å²) >= 11 is 0. The molecule has 9 rings (SSSR count). The first kappa shape index (κ1) is 32.9. The van der Waals surface area contributed by atoms with E-state index in [4.69, 9.17) is 4.98 Å². The van der Waals surface area contributed by atoms with Crippen LogP contribution in [0, 0.1) is 6.92 Å². The van der Waals surface area contributed by atoms with Gasteiger partial charge in [0.2, 0.25) is 0 Å². The van der Waals surface area contributed by atoms with Crippen molar-refractivity contribution in [3.8, 4) is 11.4 Å². The molecule has 1 heterocycles. The van der Waals surface area contributed by atoms with E-state index in [2.05, 4.69) is 182 Å². The number of allylic oxidation sites excluding steroid dienone is 13. The lowest BCUT2D eigenvalue weighted by Crippen LogP contribution is -2.09. The lowest BCUT2D eigenvalue weighted by molar-refractivity contribution is 0.854. The molecule has 258 valence electrons. The van der Waals surface area contributed by atoms with Gasteiger partial charge in [-0.05, 0) is 125 Å². The summed E-state index contributed by atoms with van der Waals surface area (Å²) in [6.45, 7) is 4.69. The Bertz CT molecular complexity index is 2580. The second kappa shape index (κ2) is 14.2. The topological polar surface area (TPSA) is 17.8 Å². The molecule has 1 aromatic heterocycles. The summed E-state index contributed by atoms with van der Waals surface area (Å²) in [5.41, 5.74) is 16.6. The van der Waals surface area contributed by atoms with Gasteiger partial charge in [0, 0.05) is 17.2 Å². The molecule has 3 aliphatic rings. The van der Waals surface area contributed by atoms with E-state index in [0.29, 0.717) is 5.92 Å². The van der Waals surface area contributed by atoms with Crippen LogP contribution in [0.25, 0.3) is 55.6 Å². The van der Waals surface area contributed by atoms with Gasteiger partial charge in [-0.3, -0.25) is 4.57 Å². The second-order valence-corrected chi connectivity index (χ2v) is 14.5. The van der Waals surface area contributed by atoms with Crippen LogP contribution in [0.2, 0.25) is 0 Å². The Hall–Kier alpha value is -5.99. The van der Waals surface area contributed by atoms with Gasteiger partial charge < -0.3 is 0 Å². The molecule has 53 heavy (non-hydrogen) atoms. The molecule has 0 radical (unpaired) electrons. The van der Waals surface area contributed by atoms with Crippen molar-refractivity contribution in [1.82, 2.24) is 9.55 Å². The van der Waals surface area contributed by atoms with Gasteiger partial charge in [0.15, 0.2) is 0 Å². The van der Waals surface area contributed by atoms with Crippen LogP contribution >= 0.6 is 0 Å². The number of fused-ring (bicyclic) bond motifs is 2. The Morgan fingerprint density at radius 2 is 1.42 bits per heavy atom. The van der Waals surface area contributed by atoms with E-state index in [9.17, 15) is 0 Å². The Morgan fingerprint density at radius 1 is 0.679 bits per heavy atom. The van der Waals surface area contributed by atoms with Crippen LogP contribution in [-0.2, 0) is 0 Å². The highest BCUT2D eigenvalue weighted by Gasteiger charge is 2.27. The number of para-hydroxylation sites is 2. The van der Waals surface area contributed by atoms with Gasteiger partial charge in [-0.25, -0.2) is 4.98 Å². The molecule has 5 aromatic carbocycles. The Morgan fingerprint density at radius 3 is 2.15 bits per heavy atom. The first-order valence-electron chi connectivity index (χ1n) is 19.1. The second-order valence-electron chi connectivity index (χ2n) is 14.5. The third-order valence-electron chi connectivity index (χ3n) is 11.3. The zero-order chi connectivity index (χ0) is 35.7. The van der Waals surface area contributed by atoms with Crippen molar-refractivity contribution in [1.29, 1.82) is 0 Å². The molecule has 0 N–H and O–H groups in total. The minimum atomic E-state index is 0.335. The highest BCUT2D eigenvalue weighted by molar-refractivity contribution is 6.10. The smallest absolute Gasteiger partial charge is 0.145 e. The summed E-state index contributed by atoms with van der Waals surface area (Å²) < 4.78 is 2.36. The van der Waals surface area contributed by atoms with Crippen LogP contribution in [-0.4, -0.2) is 9.55 Å². The predicted molar refractivity (Wildman–Crippen MR) is 227 cm³/mol. The zero-order valence-electron chi connectivity index (χ0n) is 30.6. The third kappa shape index (κ3) is 5.99. The van der Waals surface area contributed by atoms with E-state index in [1.54, 1.807) is 0 Å². The third-order valence-corrected chi connectivity index (χ3v) is 11.3. The van der Waals surface area contributed by atoms with Gasteiger partial charge in [-0.2, -0.15) is 0 Å². The maximum absolute atomic E-state index is 5.18. The Balaban J connectivity index is 1.26. The van der Waals surface area contributed by atoms with Gasteiger partial charge in [0.25, 0.3) is 0 Å². The first-order valence-corrected chi connectivity index (χ1v) is 19.1.